The average molecular weight is 300 g/mol. The first-order chi connectivity index (χ1) is 10.5. The third-order valence-electron chi connectivity index (χ3n) is 5.52. The van der Waals surface area contributed by atoms with Crippen LogP contribution < -0.4 is 5.32 Å². The summed E-state index contributed by atoms with van der Waals surface area (Å²) in [6.07, 6.45) is 4.42. The summed E-state index contributed by atoms with van der Waals surface area (Å²) in [5.74, 6) is 1.20. The van der Waals surface area contributed by atoms with E-state index in [2.05, 4.69) is 61.2 Å². The summed E-state index contributed by atoms with van der Waals surface area (Å²) in [6.45, 7) is 10.7. The number of nitrogens with zero attached hydrogens (tertiary/aromatic N) is 3. The largest absolute Gasteiger partial charge is 0.307 e. The van der Waals surface area contributed by atoms with Crippen LogP contribution in [0.2, 0.25) is 0 Å². The minimum absolute atomic E-state index is 0.313. The Hall–Kier alpha value is -1.42. The van der Waals surface area contributed by atoms with E-state index in [-0.39, 0.29) is 0 Å². The fourth-order valence-electron chi connectivity index (χ4n) is 3.51. The molecule has 3 unspecified atom stereocenters. The number of rotatable bonds is 6. The van der Waals surface area contributed by atoms with Crippen LogP contribution in [0, 0.1) is 12.8 Å². The van der Waals surface area contributed by atoms with Crippen molar-refractivity contribution in [1.29, 1.82) is 0 Å². The molecule has 1 saturated carbocycles. The van der Waals surface area contributed by atoms with Crippen LogP contribution in [0.25, 0.3) is 0 Å². The number of aryl methyl sites for hydroxylation is 1. The van der Waals surface area contributed by atoms with Gasteiger partial charge < -0.3 is 5.32 Å². The Morgan fingerprint density at radius 3 is 2.77 bits per heavy atom. The van der Waals surface area contributed by atoms with Crippen LogP contribution in [0.4, 0.5) is 0 Å². The molecule has 22 heavy (non-hydrogen) atoms. The minimum Gasteiger partial charge on any atom is -0.307 e. The summed E-state index contributed by atoms with van der Waals surface area (Å²) in [5.41, 5.74) is 5.43. The van der Waals surface area contributed by atoms with Crippen LogP contribution in [-0.4, -0.2) is 34.8 Å². The van der Waals surface area contributed by atoms with Crippen LogP contribution in [0.15, 0.2) is 17.4 Å². The van der Waals surface area contributed by atoms with Gasteiger partial charge in [0.15, 0.2) is 0 Å². The van der Waals surface area contributed by atoms with Gasteiger partial charge >= 0.3 is 0 Å². The second kappa shape index (κ2) is 5.65. The summed E-state index contributed by atoms with van der Waals surface area (Å²) >= 11 is 0. The molecule has 1 aromatic heterocycles. The topological polar surface area (TPSA) is 40.5 Å². The molecule has 120 valence electrons. The van der Waals surface area contributed by atoms with E-state index >= 15 is 0 Å². The molecule has 3 rings (SSSR count). The van der Waals surface area contributed by atoms with E-state index in [1.165, 1.54) is 29.0 Å². The van der Waals surface area contributed by atoms with Gasteiger partial charge in [-0.15, -0.1) is 0 Å². The van der Waals surface area contributed by atoms with Crippen LogP contribution in [-0.2, 0) is 6.54 Å². The van der Waals surface area contributed by atoms with Crippen LogP contribution in [0.3, 0.4) is 0 Å². The lowest BCUT2D eigenvalue weighted by Crippen LogP contribution is -2.24. The zero-order chi connectivity index (χ0) is 15.9. The highest BCUT2D eigenvalue weighted by molar-refractivity contribution is 5.94. The fraction of sp³-hybridized carbons (Fsp3) is 0.667. The number of hydrogen-bond acceptors (Lipinski definition) is 4. The van der Waals surface area contributed by atoms with E-state index < -0.39 is 0 Å². The second-order valence-electron chi connectivity index (χ2n) is 7.19. The molecule has 2 heterocycles. The molecule has 0 aromatic carbocycles. The molecule has 4 nitrogen and oxygen atoms in total. The Balaban J connectivity index is 1.54. The molecule has 2 aliphatic rings. The molecule has 1 aromatic rings. The fourth-order valence-corrected chi connectivity index (χ4v) is 3.51. The predicted molar refractivity (Wildman–Crippen MR) is 91.1 cm³/mol. The van der Waals surface area contributed by atoms with Gasteiger partial charge in [0.05, 0.1) is 11.3 Å². The van der Waals surface area contributed by atoms with Crippen molar-refractivity contribution in [3.05, 3.63) is 29.1 Å². The van der Waals surface area contributed by atoms with E-state index in [1.54, 1.807) is 0 Å². The van der Waals surface area contributed by atoms with Crippen molar-refractivity contribution in [3.8, 4) is 0 Å². The maximum absolute atomic E-state index is 4.67. The molecule has 1 aliphatic heterocycles. The zero-order valence-corrected chi connectivity index (χ0v) is 14.5. The standard InChI is InChI=1S/C18H28N4/c1-6-12(2)17-13(3)7-14(10-20-17)9-19-11-16-15-8-18(15,4)22(5)21-16/h7,10,12,15,19H,6,8-9,11H2,1-5H3. The first kappa shape index (κ1) is 15.5. The van der Waals surface area contributed by atoms with E-state index in [0.29, 0.717) is 17.4 Å². The third kappa shape index (κ3) is 2.65. The van der Waals surface area contributed by atoms with Gasteiger partial charge in [0.2, 0.25) is 0 Å². The van der Waals surface area contributed by atoms with E-state index in [0.717, 1.165) is 19.5 Å². The molecule has 1 aliphatic carbocycles. The summed E-state index contributed by atoms with van der Waals surface area (Å²) in [6, 6.07) is 2.27. The van der Waals surface area contributed by atoms with Crippen molar-refractivity contribution >= 4 is 5.71 Å². The maximum atomic E-state index is 4.67. The summed E-state index contributed by atoms with van der Waals surface area (Å²) in [4.78, 5) is 4.67. The molecule has 0 bridgehead atoms. The highest BCUT2D eigenvalue weighted by atomic mass is 15.5. The number of pyridine rings is 1. The molecule has 0 saturated heterocycles. The Morgan fingerprint density at radius 2 is 2.23 bits per heavy atom. The molecule has 0 radical (unpaired) electrons. The van der Waals surface area contributed by atoms with Gasteiger partial charge in [0.1, 0.15) is 0 Å². The zero-order valence-electron chi connectivity index (χ0n) is 14.5. The van der Waals surface area contributed by atoms with Gasteiger partial charge in [-0.1, -0.05) is 19.9 Å². The first-order valence-corrected chi connectivity index (χ1v) is 8.43. The number of aromatic nitrogens is 1. The van der Waals surface area contributed by atoms with Gasteiger partial charge in [-0.3, -0.25) is 9.99 Å². The van der Waals surface area contributed by atoms with Gasteiger partial charge in [0, 0.05) is 37.9 Å². The normalized spacial score (nSPS) is 27.6. The Bertz CT molecular complexity index is 595. The first-order valence-electron chi connectivity index (χ1n) is 8.43. The Labute approximate surface area is 134 Å². The smallest absolute Gasteiger partial charge is 0.0637 e. The monoisotopic (exact) mass is 300 g/mol. The minimum atomic E-state index is 0.313. The molecule has 1 N–H and O–H groups in total. The van der Waals surface area contributed by atoms with E-state index in [9.17, 15) is 0 Å². The predicted octanol–water partition coefficient (Wildman–Crippen LogP) is 3.07. The number of hydrogen-bond donors (Lipinski definition) is 1. The van der Waals surface area contributed by atoms with Gasteiger partial charge in [0.25, 0.3) is 0 Å². The molecular formula is C18H28N4. The maximum Gasteiger partial charge on any atom is 0.0637 e. The SMILES string of the molecule is CCC(C)c1ncc(CNCC2=NN(C)C3(C)CC23)cc1C. The third-order valence-corrected chi connectivity index (χ3v) is 5.52. The van der Waals surface area contributed by atoms with Crippen molar-refractivity contribution in [2.24, 2.45) is 11.0 Å². The molecular weight excluding hydrogens is 272 g/mol. The Kier molecular flexibility index (Phi) is 3.98. The highest BCUT2D eigenvalue weighted by Crippen LogP contribution is 2.52. The van der Waals surface area contributed by atoms with Crippen molar-refractivity contribution in [1.82, 2.24) is 15.3 Å². The number of fused-ring (bicyclic) bond motifs is 1. The van der Waals surface area contributed by atoms with Crippen molar-refractivity contribution in [3.63, 3.8) is 0 Å². The lowest BCUT2D eigenvalue weighted by atomic mass is 9.99. The lowest BCUT2D eigenvalue weighted by Gasteiger charge is -2.16. The van der Waals surface area contributed by atoms with Crippen LogP contribution in [0.5, 0.6) is 0 Å². The van der Waals surface area contributed by atoms with Gasteiger partial charge in [-0.2, -0.15) is 5.10 Å². The van der Waals surface area contributed by atoms with Crippen LogP contribution in [0.1, 0.15) is 56.4 Å². The van der Waals surface area contributed by atoms with Crippen LogP contribution >= 0.6 is 0 Å². The van der Waals surface area contributed by atoms with Crippen molar-refractivity contribution in [2.45, 2.75) is 58.5 Å². The van der Waals surface area contributed by atoms with Crippen molar-refractivity contribution in [2.75, 3.05) is 13.6 Å². The Morgan fingerprint density at radius 1 is 1.45 bits per heavy atom. The molecule has 3 atom stereocenters. The van der Waals surface area contributed by atoms with E-state index in [4.69, 9.17) is 0 Å². The van der Waals surface area contributed by atoms with Gasteiger partial charge in [-0.05, 0) is 43.7 Å². The lowest BCUT2D eigenvalue weighted by molar-refractivity contribution is 0.261. The molecule has 0 amide bonds. The molecule has 4 heteroatoms. The second-order valence-corrected chi connectivity index (χ2v) is 7.19. The summed E-state index contributed by atoms with van der Waals surface area (Å²) < 4.78 is 0. The quantitative estimate of drug-likeness (QED) is 0.878. The molecule has 1 fully saturated rings. The van der Waals surface area contributed by atoms with E-state index in [1.807, 2.05) is 6.20 Å². The van der Waals surface area contributed by atoms with Crippen molar-refractivity contribution < 1.29 is 0 Å². The number of nitrogens with one attached hydrogen (secondary N) is 1. The van der Waals surface area contributed by atoms with Gasteiger partial charge in [-0.25, -0.2) is 0 Å². The highest BCUT2D eigenvalue weighted by Gasteiger charge is 2.59. The molecule has 0 spiro atoms. The summed E-state index contributed by atoms with van der Waals surface area (Å²) in [7, 11) is 2.09. The average Bonchev–Trinajstić information content (AvgIpc) is 3.13. The number of hydrazone groups is 1. The summed E-state index contributed by atoms with van der Waals surface area (Å²) in [5, 5.41) is 10.3.